The lowest BCUT2D eigenvalue weighted by atomic mass is 10.1. The first-order chi connectivity index (χ1) is 7.45. The molecule has 7 heteroatoms. The van der Waals surface area contributed by atoms with Crippen molar-refractivity contribution < 1.29 is 19.9 Å². The molecule has 1 heterocycles. The van der Waals surface area contributed by atoms with Crippen LogP contribution >= 0.6 is 0 Å². The summed E-state index contributed by atoms with van der Waals surface area (Å²) in [6, 6.07) is 6.84. The number of amides is 2. The molecule has 0 saturated heterocycles. The van der Waals surface area contributed by atoms with Crippen molar-refractivity contribution in [2.75, 3.05) is 7.05 Å². The van der Waals surface area contributed by atoms with Crippen molar-refractivity contribution in [3.8, 4) is 0 Å². The summed E-state index contributed by atoms with van der Waals surface area (Å²) in [5, 5.41) is 13.6. The Morgan fingerprint density at radius 1 is 1.19 bits per heavy atom. The van der Waals surface area contributed by atoms with Gasteiger partial charge in [-0.1, -0.05) is 12.1 Å². The zero-order valence-corrected chi connectivity index (χ0v) is 8.28. The largest absolute Gasteiger partial charge is 0.328 e. The smallest absolute Gasteiger partial charge is 0.291 e. The van der Waals surface area contributed by atoms with E-state index < -0.39 is 5.09 Å². The van der Waals surface area contributed by atoms with Crippen molar-refractivity contribution in [2.24, 2.45) is 0 Å². The van der Waals surface area contributed by atoms with E-state index in [-0.39, 0.29) is 11.8 Å². The molecule has 0 spiro atoms. The van der Waals surface area contributed by atoms with Crippen LogP contribution in [0, 0.1) is 10.1 Å². The van der Waals surface area contributed by atoms with Crippen LogP contribution in [0.5, 0.6) is 0 Å². The molecule has 1 aromatic carbocycles. The summed E-state index contributed by atoms with van der Waals surface area (Å²) in [6.45, 7) is 0. The van der Waals surface area contributed by atoms with E-state index in [9.17, 15) is 9.59 Å². The van der Waals surface area contributed by atoms with E-state index in [1.54, 1.807) is 24.3 Å². The zero-order chi connectivity index (χ0) is 12.3. The Morgan fingerprint density at radius 3 is 1.81 bits per heavy atom. The van der Waals surface area contributed by atoms with E-state index >= 15 is 0 Å². The van der Waals surface area contributed by atoms with Gasteiger partial charge in [0.15, 0.2) is 0 Å². The molecule has 2 amide bonds. The van der Waals surface area contributed by atoms with Gasteiger partial charge in [-0.2, -0.15) is 0 Å². The van der Waals surface area contributed by atoms with E-state index in [4.69, 9.17) is 15.3 Å². The Hall–Kier alpha value is -2.44. The first-order valence-electron chi connectivity index (χ1n) is 4.20. The Bertz CT molecular complexity index is 418. The highest BCUT2D eigenvalue weighted by Gasteiger charge is 2.31. The van der Waals surface area contributed by atoms with Gasteiger partial charge in [0.25, 0.3) is 16.9 Å². The van der Waals surface area contributed by atoms with Crippen LogP contribution in [0.25, 0.3) is 0 Å². The zero-order valence-electron chi connectivity index (χ0n) is 8.28. The monoisotopic (exact) mass is 224 g/mol. The van der Waals surface area contributed by atoms with Crippen LogP contribution in [0.3, 0.4) is 0 Å². The van der Waals surface area contributed by atoms with Crippen molar-refractivity contribution in [2.45, 2.75) is 0 Å². The summed E-state index contributed by atoms with van der Waals surface area (Å²) in [6.07, 6.45) is 0. The molecule has 0 aliphatic carbocycles. The molecule has 0 unspecified atom stereocenters. The highest BCUT2D eigenvalue weighted by Crippen LogP contribution is 2.20. The van der Waals surface area contributed by atoms with Crippen LogP contribution in [0.2, 0.25) is 0 Å². The van der Waals surface area contributed by atoms with Gasteiger partial charge in [-0.05, 0) is 12.1 Å². The molecule has 0 bridgehead atoms. The summed E-state index contributed by atoms with van der Waals surface area (Å²) in [5.74, 6) is -0.425. The van der Waals surface area contributed by atoms with Gasteiger partial charge < -0.3 is 5.21 Å². The number of hydrogen-bond donors (Lipinski definition) is 1. The van der Waals surface area contributed by atoms with Crippen molar-refractivity contribution >= 4 is 11.8 Å². The predicted molar refractivity (Wildman–Crippen MR) is 51.6 cm³/mol. The van der Waals surface area contributed by atoms with Crippen molar-refractivity contribution in [1.29, 1.82) is 0 Å². The van der Waals surface area contributed by atoms with Crippen LogP contribution in [-0.2, 0) is 0 Å². The molecule has 2 rings (SSSR count). The fraction of sp³-hybridized carbons (Fsp3) is 0.111. The maximum absolute atomic E-state index is 11.3. The predicted octanol–water partition coefficient (Wildman–Crippen LogP) is 0.565. The first-order valence-corrected chi connectivity index (χ1v) is 4.20. The van der Waals surface area contributed by atoms with E-state index in [1.165, 1.54) is 7.05 Å². The van der Waals surface area contributed by atoms with Crippen LogP contribution in [0.4, 0.5) is 0 Å². The second kappa shape index (κ2) is 4.39. The topological polar surface area (TPSA) is 101 Å². The van der Waals surface area contributed by atoms with Crippen molar-refractivity contribution in [3.63, 3.8) is 0 Å². The molecule has 84 valence electrons. The SMILES string of the molecule is CN1C(=O)c2ccccc2C1=O.O=[N+]([O-])O. The summed E-state index contributed by atoms with van der Waals surface area (Å²) >= 11 is 0. The minimum absolute atomic E-state index is 0.212. The Kier molecular flexibility index (Phi) is 3.19. The lowest BCUT2D eigenvalue weighted by molar-refractivity contribution is -0.742. The van der Waals surface area contributed by atoms with Crippen LogP contribution in [0.1, 0.15) is 20.7 Å². The quantitative estimate of drug-likeness (QED) is 0.394. The molecule has 1 aliphatic heterocycles. The molecule has 16 heavy (non-hydrogen) atoms. The first kappa shape index (κ1) is 11.6. The van der Waals surface area contributed by atoms with Gasteiger partial charge in [0.05, 0.1) is 11.1 Å². The molecule has 7 nitrogen and oxygen atoms in total. The highest BCUT2D eigenvalue weighted by molar-refractivity contribution is 6.21. The van der Waals surface area contributed by atoms with Crippen LogP contribution in [-0.4, -0.2) is 34.1 Å². The second-order valence-corrected chi connectivity index (χ2v) is 2.95. The highest BCUT2D eigenvalue weighted by atomic mass is 16.9. The molecule has 0 saturated carbocycles. The standard InChI is InChI=1S/C9H7NO2.HNO3/c1-10-8(11)6-4-2-3-5-7(6)9(10)12;2-1(3)4/h2-5H,1H3;(H,2,3,4). The van der Waals surface area contributed by atoms with Gasteiger partial charge in [0.1, 0.15) is 0 Å². The molecule has 1 aliphatic rings. The molecule has 0 radical (unpaired) electrons. The average molecular weight is 224 g/mol. The number of hydrogen-bond acceptors (Lipinski definition) is 4. The minimum Gasteiger partial charge on any atom is -0.328 e. The maximum atomic E-state index is 11.3. The van der Waals surface area contributed by atoms with E-state index in [2.05, 4.69) is 0 Å². The summed E-state index contributed by atoms with van der Waals surface area (Å²) in [7, 11) is 1.49. The van der Waals surface area contributed by atoms with Gasteiger partial charge >= 0.3 is 0 Å². The number of nitrogens with zero attached hydrogens (tertiary/aromatic N) is 2. The summed E-state index contributed by atoms with van der Waals surface area (Å²) in [5.41, 5.74) is 1.01. The minimum atomic E-state index is -1.50. The molecule has 0 atom stereocenters. The number of carbonyl (C=O) groups excluding carboxylic acids is 2. The number of carbonyl (C=O) groups is 2. The van der Waals surface area contributed by atoms with E-state index in [0.29, 0.717) is 11.1 Å². The Balaban J connectivity index is 0.000000280. The fourth-order valence-corrected chi connectivity index (χ4v) is 1.31. The Labute approximate surface area is 90.0 Å². The van der Waals surface area contributed by atoms with Crippen LogP contribution in [0.15, 0.2) is 24.3 Å². The lowest BCUT2D eigenvalue weighted by Gasteiger charge is -2.02. The summed E-state index contributed by atoms with van der Waals surface area (Å²) < 4.78 is 0. The molecule has 1 N–H and O–H groups in total. The van der Waals surface area contributed by atoms with Crippen molar-refractivity contribution in [3.05, 3.63) is 45.5 Å². The fourth-order valence-electron chi connectivity index (χ4n) is 1.31. The van der Waals surface area contributed by atoms with Crippen molar-refractivity contribution in [1.82, 2.24) is 4.90 Å². The normalized spacial score (nSPS) is 12.9. The molecular formula is C9H8N2O5. The number of rotatable bonds is 0. The Morgan fingerprint density at radius 2 is 1.50 bits per heavy atom. The van der Waals surface area contributed by atoms with Gasteiger partial charge in [-0.3, -0.25) is 14.5 Å². The van der Waals surface area contributed by atoms with Gasteiger partial charge in [0, 0.05) is 7.05 Å². The third-order valence-corrected chi connectivity index (χ3v) is 2.00. The van der Waals surface area contributed by atoms with Gasteiger partial charge in [0.2, 0.25) is 0 Å². The number of imide groups is 1. The van der Waals surface area contributed by atoms with Gasteiger partial charge in [-0.25, -0.2) is 0 Å². The molecule has 0 fully saturated rings. The molecule has 0 aromatic heterocycles. The lowest BCUT2D eigenvalue weighted by Crippen LogP contribution is -2.24. The van der Waals surface area contributed by atoms with E-state index in [0.717, 1.165) is 4.90 Å². The average Bonchev–Trinajstić information content (AvgIpc) is 2.44. The third kappa shape index (κ3) is 2.14. The number of fused-ring (bicyclic) bond motifs is 1. The second-order valence-electron chi connectivity index (χ2n) is 2.95. The molecular weight excluding hydrogens is 216 g/mol. The van der Waals surface area contributed by atoms with Gasteiger partial charge in [-0.15, -0.1) is 10.1 Å². The van der Waals surface area contributed by atoms with E-state index in [1.807, 2.05) is 0 Å². The van der Waals surface area contributed by atoms with Crippen LogP contribution < -0.4 is 0 Å². The molecule has 1 aromatic rings. The third-order valence-electron chi connectivity index (χ3n) is 2.00. The summed E-state index contributed by atoms with van der Waals surface area (Å²) in [4.78, 5) is 32.1. The maximum Gasteiger partial charge on any atom is 0.291 e. The number of benzene rings is 1.